The maximum Gasteiger partial charge on any atom is 0.515 e. The lowest BCUT2D eigenvalue weighted by molar-refractivity contribution is -0.384. The zero-order valence-electron chi connectivity index (χ0n) is 20.0. The number of benzene rings is 2. The van der Waals surface area contributed by atoms with Crippen LogP contribution in [0, 0.1) is 10.1 Å². The van der Waals surface area contributed by atoms with E-state index in [0.29, 0.717) is 17.9 Å². The van der Waals surface area contributed by atoms with Crippen molar-refractivity contribution in [2.24, 2.45) is 0 Å². The highest BCUT2D eigenvalue weighted by atomic mass is 16.7. The van der Waals surface area contributed by atoms with Crippen LogP contribution in [-0.4, -0.2) is 26.6 Å². The number of aromatic nitrogens is 2. The predicted molar refractivity (Wildman–Crippen MR) is 133 cm³/mol. The fraction of sp³-hybridized carbons (Fsp3) is 0.185. The van der Waals surface area contributed by atoms with Gasteiger partial charge in [0.1, 0.15) is 12.4 Å². The smallest absolute Gasteiger partial charge is 0.457 e. The number of nitro groups is 1. The molecule has 0 saturated carbocycles. The SMILES string of the molecule is CCC1(OC(=O)Oc2ccc([N+](=O)[O-])cc2)C(=O)OCc2c1cc1n(c2=O)Cc2cc3ccccc3nc2-1. The van der Waals surface area contributed by atoms with E-state index >= 15 is 0 Å². The van der Waals surface area contributed by atoms with Crippen molar-refractivity contribution in [1.29, 1.82) is 0 Å². The average Bonchev–Trinajstić information content (AvgIpc) is 3.27. The summed E-state index contributed by atoms with van der Waals surface area (Å²) in [5.74, 6) is -0.850. The lowest BCUT2D eigenvalue weighted by Gasteiger charge is -2.35. The van der Waals surface area contributed by atoms with Crippen LogP contribution in [0.3, 0.4) is 0 Å². The molecule has 6 rings (SSSR count). The first-order valence-corrected chi connectivity index (χ1v) is 11.8. The molecule has 0 amide bonds. The van der Waals surface area contributed by atoms with Gasteiger partial charge in [0.05, 0.1) is 33.9 Å². The van der Waals surface area contributed by atoms with Gasteiger partial charge >= 0.3 is 12.1 Å². The van der Waals surface area contributed by atoms with Gasteiger partial charge in [0.2, 0.25) is 5.60 Å². The summed E-state index contributed by atoms with van der Waals surface area (Å²) in [6.45, 7) is 1.67. The molecule has 190 valence electrons. The van der Waals surface area contributed by atoms with Crippen LogP contribution in [-0.2, 0) is 33.0 Å². The minimum Gasteiger partial charge on any atom is -0.457 e. The summed E-state index contributed by atoms with van der Waals surface area (Å²) in [6.07, 6.45) is -1.26. The van der Waals surface area contributed by atoms with Gasteiger partial charge < -0.3 is 18.8 Å². The quantitative estimate of drug-likeness (QED) is 0.150. The van der Waals surface area contributed by atoms with Crippen molar-refractivity contribution >= 4 is 28.7 Å². The Hall–Kier alpha value is -5.06. The summed E-state index contributed by atoms with van der Waals surface area (Å²) in [4.78, 5) is 54.5. The third-order valence-corrected chi connectivity index (χ3v) is 6.89. The normalized spacial score (nSPS) is 17.2. The zero-order chi connectivity index (χ0) is 26.6. The summed E-state index contributed by atoms with van der Waals surface area (Å²) in [7, 11) is 0. The molecular formula is C27H19N3O8. The summed E-state index contributed by atoms with van der Waals surface area (Å²) >= 11 is 0. The molecule has 2 aromatic carbocycles. The van der Waals surface area contributed by atoms with Gasteiger partial charge in [-0.25, -0.2) is 14.6 Å². The number of carbonyl (C=O) groups is 2. The first-order valence-electron chi connectivity index (χ1n) is 11.8. The molecule has 1 unspecified atom stereocenters. The highest BCUT2D eigenvalue weighted by Gasteiger charge is 2.51. The van der Waals surface area contributed by atoms with Gasteiger partial charge in [0, 0.05) is 28.6 Å². The number of hydrogen-bond donors (Lipinski definition) is 0. The lowest BCUT2D eigenvalue weighted by Crippen LogP contribution is -2.47. The van der Waals surface area contributed by atoms with Crippen molar-refractivity contribution in [2.75, 3.05) is 0 Å². The number of cyclic esters (lactones) is 1. The van der Waals surface area contributed by atoms with E-state index in [1.807, 2.05) is 30.3 Å². The van der Waals surface area contributed by atoms with Gasteiger partial charge in [-0.3, -0.25) is 14.9 Å². The second-order valence-electron chi connectivity index (χ2n) is 8.96. The monoisotopic (exact) mass is 513 g/mol. The first-order chi connectivity index (χ1) is 18.3. The molecule has 2 aliphatic rings. The van der Waals surface area contributed by atoms with Crippen molar-refractivity contribution in [3.63, 3.8) is 0 Å². The number of pyridine rings is 2. The van der Waals surface area contributed by atoms with E-state index in [0.717, 1.165) is 16.5 Å². The number of fused-ring (bicyclic) bond motifs is 5. The molecular weight excluding hydrogens is 494 g/mol. The molecule has 0 spiro atoms. The van der Waals surface area contributed by atoms with Gasteiger partial charge in [-0.15, -0.1) is 0 Å². The van der Waals surface area contributed by atoms with E-state index < -0.39 is 22.6 Å². The number of ether oxygens (including phenoxy) is 3. The number of para-hydroxylation sites is 1. The van der Waals surface area contributed by atoms with E-state index in [9.17, 15) is 24.5 Å². The van der Waals surface area contributed by atoms with Crippen molar-refractivity contribution in [3.05, 3.63) is 97.8 Å². The number of hydrogen-bond acceptors (Lipinski definition) is 9. The molecule has 4 heterocycles. The minimum atomic E-state index is -1.93. The Morgan fingerprint density at radius 3 is 2.66 bits per heavy atom. The summed E-state index contributed by atoms with van der Waals surface area (Å²) in [5.41, 5.74) is 0.681. The van der Waals surface area contributed by atoms with E-state index in [4.69, 9.17) is 19.2 Å². The number of carbonyl (C=O) groups excluding carboxylic acids is 2. The molecule has 11 nitrogen and oxygen atoms in total. The number of esters is 1. The second kappa shape index (κ2) is 8.51. The van der Waals surface area contributed by atoms with Crippen LogP contribution in [0.2, 0.25) is 0 Å². The molecule has 11 heteroatoms. The van der Waals surface area contributed by atoms with Crippen molar-refractivity contribution in [1.82, 2.24) is 9.55 Å². The van der Waals surface area contributed by atoms with Crippen LogP contribution in [0.5, 0.6) is 5.75 Å². The van der Waals surface area contributed by atoms with E-state index in [1.165, 1.54) is 24.3 Å². The highest BCUT2D eigenvalue weighted by Crippen LogP contribution is 2.41. The van der Waals surface area contributed by atoms with E-state index in [1.54, 1.807) is 17.6 Å². The number of nitrogens with zero attached hydrogens (tertiary/aromatic N) is 3. The van der Waals surface area contributed by atoms with Crippen molar-refractivity contribution in [2.45, 2.75) is 32.1 Å². The van der Waals surface area contributed by atoms with Gasteiger partial charge in [0.25, 0.3) is 11.2 Å². The Balaban J connectivity index is 1.41. The number of rotatable bonds is 4. The van der Waals surface area contributed by atoms with E-state index in [-0.39, 0.29) is 41.2 Å². The van der Waals surface area contributed by atoms with Crippen LogP contribution in [0.4, 0.5) is 10.5 Å². The molecule has 38 heavy (non-hydrogen) atoms. The van der Waals surface area contributed by atoms with Crippen molar-refractivity contribution < 1.29 is 28.7 Å². The van der Waals surface area contributed by atoms with Gasteiger partial charge in [-0.2, -0.15) is 0 Å². The summed E-state index contributed by atoms with van der Waals surface area (Å²) < 4.78 is 17.6. The standard InChI is InChI=1S/C27H19N3O8/c1-2-27(38-26(33)37-18-9-7-17(8-10-18)30(34)35)20-12-22-23-16(11-15-5-3-4-6-21(15)28-23)13-29(22)24(31)19(20)14-36-25(27)32/h3-12H,2,13-14H2,1H3. The number of non-ortho nitro benzene ring substituents is 1. The third kappa shape index (κ3) is 3.51. The molecule has 1 atom stereocenters. The van der Waals surface area contributed by atoms with Crippen LogP contribution in [0.25, 0.3) is 22.3 Å². The number of nitro benzene ring substituents is 1. The summed E-state index contributed by atoms with van der Waals surface area (Å²) in [5, 5.41) is 11.8. The van der Waals surface area contributed by atoms with Gasteiger partial charge in [-0.1, -0.05) is 25.1 Å². The minimum absolute atomic E-state index is 0.0183. The molecule has 0 aliphatic carbocycles. The van der Waals surface area contributed by atoms with Crippen LogP contribution >= 0.6 is 0 Å². The Bertz CT molecular complexity index is 1730. The summed E-state index contributed by atoms with van der Waals surface area (Å²) in [6, 6.07) is 16.0. The van der Waals surface area contributed by atoms with Crippen LogP contribution in [0.15, 0.2) is 65.5 Å². The fourth-order valence-corrected chi connectivity index (χ4v) is 4.98. The van der Waals surface area contributed by atoms with Gasteiger partial charge in [0.15, 0.2) is 0 Å². The Morgan fingerprint density at radius 1 is 1.16 bits per heavy atom. The molecule has 0 radical (unpaired) electrons. The molecule has 0 saturated heterocycles. The lowest BCUT2D eigenvalue weighted by atomic mass is 9.85. The largest absolute Gasteiger partial charge is 0.515 e. The molecule has 4 aromatic rings. The van der Waals surface area contributed by atoms with Crippen LogP contribution in [0.1, 0.15) is 30.0 Å². The van der Waals surface area contributed by atoms with Gasteiger partial charge in [-0.05, 0) is 36.8 Å². The fourth-order valence-electron chi connectivity index (χ4n) is 4.98. The Labute approximate surface area is 214 Å². The maximum absolute atomic E-state index is 13.6. The first kappa shape index (κ1) is 23.3. The molecule has 0 N–H and O–H groups in total. The zero-order valence-corrected chi connectivity index (χ0v) is 20.0. The molecule has 2 aliphatic heterocycles. The molecule has 2 aromatic heterocycles. The maximum atomic E-state index is 13.6. The average molecular weight is 513 g/mol. The topological polar surface area (TPSA) is 140 Å². The van der Waals surface area contributed by atoms with Crippen LogP contribution < -0.4 is 10.3 Å². The molecule has 0 fully saturated rings. The third-order valence-electron chi connectivity index (χ3n) is 6.89. The second-order valence-corrected chi connectivity index (χ2v) is 8.96. The Kier molecular flexibility index (Phi) is 5.23. The van der Waals surface area contributed by atoms with E-state index in [2.05, 4.69) is 0 Å². The predicted octanol–water partition coefficient (Wildman–Crippen LogP) is 4.21. The molecule has 0 bridgehead atoms. The Morgan fingerprint density at radius 2 is 1.92 bits per heavy atom. The van der Waals surface area contributed by atoms with Crippen molar-refractivity contribution in [3.8, 4) is 17.1 Å². The highest BCUT2D eigenvalue weighted by molar-refractivity contribution is 5.88.